The van der Waals surface area contributed by atoms with Crippen molar-refractivity contribution in [2.45, 2.75) is 31.5 Å². The van der Waals surface area contributed by atoms with E-state index in [4.69, 9.17) is 22.3 Å². The topological polar surface area (TPSA) is 84.4 Å². The Kier molecular flexibility index (Phi) is 6.43. The number of halogens is 4. The second kappa shape index (κ2) is 9.38. The molecule has 184 valence electrons. The molecule has 0 bridgehead atoms. The number of amidine groups is 1. The summed E-state index contributed by atoms with van der Waals surface area (Å²) < 4.78 is 41.3. The van der Waals surface area contributed by atoms with Crippen LogP contribution in [0.3, 0.4) is 0 Å². The lowest BCUT2D eigenvalue weighted by Gasteiger charge is -2.32. The summed E-state index contributed by atoms with van der Waals surface area (Å²) in [7, 11) is 0. The molecule has 0 unspecified atom stereocenters. The predicted molar refractivity (Wildman–Crippen MR) is 130 cm³/mol. The van der Waals surface area contributed by atoms with Crippen LogP contribution in [0, 0.1) is 5.82 Å². The van der Waals surface area contributed by atoms with Gasteiger partial charge in [0.15, 0.2) is 10.8 Å². The first kappa shape index (κ1) is 24.0. The zero-order chi connectivity index (χ0) is 24.7. The summed E-state index contributed by atoms with van der Waals surface area (Å²) in [6, 6.07) is 4.90. The summed E-state index contributed by atoms with van der Waals surface area (Å²) in [6.07, 6.45) is 3.37. The summed E-state index contributed by atoms with van der Waals surface area (Å²) >= 11 is 7.90. The molecule has 0 aliphatic carbocycles. The number of benzene rings is 1. The van der Waals surface area contributed by atoms with Crippen LogP contribution in [0.5, 0.6) is 0 Å². The standard InChI is InChI=1S/C23H23ClF3N7S/c1-2-29-11-23(28)10-17-18(16-5-7-34(32-16)22(26)27)19(14-4-3-13(25)9-15(14)24)31-20(33(17)12-23)21-30-6-8-35-21/h3-9,19,22,29H,2,10-12,28H2,1H3/t19-,23-/m0/s1. The van der Waals surface area contributed by atoms with Crippen molar-refractivity contribution in [2.24, 2.45) is 10.7 Å². The molecule has 2 aliphatic heterocycles. The normalized spacial score (nSPS) is 22.2. The number of nitrogens with one attached hydrogen (secondary N) is 1. The van der Waals surface area contributed by atoms with Gasteiger partial charge in [-0.15, -0.1) is 11.3 Å². The van der Waals surface area contributed by atoms with Crippen LogP contribution >= 0.6 is 22.9 Å². The predicted octanol–water partition coefficient (Wildman–Crippen LogP) is 4.45. The average Bonchev–Trinajstić information content (AvgIpc) is 3.57. The molecule has 2 aliphatic rings. The lowest BCUT2D eigenvalue weighted by molar-refractivity contribution is 0.0564. The maximum absolute atomic E-state index is 13.9. The van der Waals surface area contributed by atoms with Gasteiger partial charge in [0.2, 0.25) is 0 Å². The van der Waals surface area contributed by atoms with Gasteiger partial charge in [-0.3, -0.25) is 4.99 Å². The Balaban J connectivity index is 1.72. The van der Waals surface area contributed by atoms with Crippen LogP contribution in [-0.4, -0.2) is 50.7 Å². The molecular formula is C23H23ClF3N7S. The summed E-state index contributed by atoms with van der Waals surface area (Å²) in [6.45, 7) is 0.974. The number of hydrogen-bond acceptors (Lipinski definition) is 7. The summed E-state index contributed by atoms with van der Waals surface area (Å²) in [4.78, 5) is 11.5. The molecule has 7 nitrogen and oxygen atoms in total. The SMILES string of the molecule is CCNC[C@@]1(N)CC2=C(c3ccn(C(F)F)n3)[C@H](c3ccc(F)cc3Cl)N=C(c3nccs3)N2C1. The number of rotatable bonds is 7. The highest BCUT2D eigenvalue weighted by atomic mass is 35.5. The van der Waals surface area contributed by atoms with Crippen molar-refractivity contribution in [3.05, 3.63) is 74.8 Å². The van der Waals surface area contributed by atoms with Gasteiger partial charge in [-0.1, -0.05) is 24.6 Å². The van der Waals surface area contributed by atoms with E-state index in [2.05, 4.69) is 15.4 Å². The van der Waals surface area contributed by atoms with E-state index in [1.807, 2.05) is 17.2 Å². The van der Waals surface area contributed by atoms with E-state index >= 15 is 0 Å². The molecule has 3 N–H and O–H groups in total. The second-order valence-electron chi connectivity index (χ2n) is 8.58. The highest BCUT2D eigenvalue weighted by molar-refractivity contribution is 7.11. The third kappa shape index (κ3) is 4.49. The van der Waals surface area contributed by atoms with Gasteiger partial charge in [0.25, 0.3) is 0 Å². The molecule has 2 aromatic heterocycles. The van der Waals surface area contributed by atoms with E-state index in [-0.39, 0.29) is 5.02 Å². The molecule has 3 aromatic rings. The smallest absolute Gasteiger partial charge is 0.325 e. The third-order valence-corrected chi connectivity index (χ3v) is 7.20. The van der Waals surface area contributed by atoms with Gasteiger partial charge >= 0.3 is 6.55 Å². The van der Waals surface area contributed by atoms with Crippen LogP contribution in [0.25, 0.3) is 5.57 Å². The molecule has 0 amide bonds. The van der Waals surface area contributed by atoms with Crippen LogP contribution in [0.2, 0.25) is 5.02 Å². The maximum Gasteiger partial charge on any atom is 0.333 e. The van der Waals surface area contributed by atoms with Crippen molar-refractivity contribution in [1.29, 1.82) is 0 Å². The second-order valence-corrected chi connectivity index (χ2v) is 9.88. The van der Waals surface area contributed by atoms with Crippen molar-refractivity contribution in [3.63, 3.8) is 0 Å². The van der Waals surface area contributed by atoms with E-state index in [1.54, 1.807) is 12.3 Å². The van der Waals surface area contributed by atoms with Crippen LogP contribution in [0.4, 0.5) is 13.2 Å². The largest absolute Gasteiger partial charge is 0.333 e. The molecule has 4 heterocycles. The van der Waals surface area contributed by atoms with E-state index in [0.717, 1.165) is 12.2 Å². The number of hydrogen-bond donors (Lipinski definition) is 2. The van der Waals surface area contributed by atoms with E-state index in [9.17, 15) is 13.2 Å². The first-order valence-corrected chi connectivity index (χ1v) is 12.3. The molecule has 1 fully saturated rings. The van der Waals surface area contributed by atoms with Crippen molar-refractivity contribution in [3.8, 4) is 0 Å². The molecule has 5 rings (SSSR count). The van der Waals surface area contributed by atoms with Gasteiger partial charge in [0, 0.05) is 59.1 Å². The van der Waals surface area contributed by atoms with Gasteiger partial charge in [-0.25, -0.2) is 14.1 Å². The minimum atomic E-state index is -2.79. The molecule has 0 radical (unpaired) electrons. The number of thiazole rings is 1. The first-order chi connectivity index (χ1) is 16.8. The highest BCUT2D eigenvalue weighted by Gasteiger charge is 2.46. The fraction of sp³-hybridized carbons (Fsp3) is 0.348. The van der Waals surface area contributed by atoms with E-state index in [0.29, 0.717) is 51.9 Å². The average molecular weight is 522 g/mol. The molecule has 12 heteroatoms. The zero-order valence-electron chi connectivity index (χ0n) is 18.8. The van der Waals surface area contributed by atoms with Gasteiger partial charge in [-0.05, 0) is 24.7 Å². The Labute approximate surface area is 209 Å². The minimum Gasteiger partial charge on any atom is -0.325 e. The van der Waals surface area contributed by atoms with Crippen molar-refractivity contribution >= 4 is 34.3 Å². The Morgan fingerprint density at radius 3 is 2.83 bits per heavy atom. The van der Waals surface area contributed by atoms with Crippen molar-refractivity contribution in [2.75, 3.05) is 19.6 Å². The van der Waals surface area contributed by atoms with Crippen molar-refractivity contribution < 1.29 is 13.2 Å². The van der Waals surface area contributed by atoms with Crippen LogP contribution in [0.15, 0.2) is 52.7 Å². The first-order valence-electron chi connectivity index (χ1n) is 11.1. The van der Waals surface area contributed by atoms with Gasteiger partial charge in [-0.2, -0.15) is 13.9 Å². The lowest BCUT2D eigenvalue weighted by Crippen LogP contribution is -2.51. The zero-order valence-corrected chi connectivity index (χ0v) is 20.3. The van der Waals surface area contributed by atoms with Gasteiger partial charge in [0.05, 0.1) is 11.2 Å². The van der Waals surface area contributed by atoms with Crippen LogP contribution < -0.4 is 11.1 Å². The Hall–Kier alpha value is -2.73. The fourth-order valence-electron chi connectivity index (χ4n) is 4.58. The number of nitrogens with zero attached hydrogens (tertiary/aromatic N) is 5. The summed E-state index contributed by atoms with van der Waals surface area (Å²) in [5.41, 5.74) is 8.48. The van der Waals surface area contributed by atoms with Crippen molar-refractivity contribution in [1.82, 2.24) is 25.0 Å². The van der Waals surface area contributed by atoms with E-state index in [1.165, 1.54) is 35.7 Å². The summed E-state index contributed by atoms with van der Waals surface area (Å²) in [5.74, 6) is 0.130. The number of likely N-dealkylation sites (N-methyl/N-ethyl adjacent to an activating group) is 1. The van der Waals surface area contributed by atoms with Crippen LogP contribution in [-0.2, 0) is 0 Å². The van der Waals surface area contributed by atoms with Gasteiger partial charge < -0.3 is 16.0 Å². The van der Waals surface area contributed by atoms with E-state index < -0.39 is 23.9 Å². The monoisotopic (exact) mass is 521 g/mol. The summed E-state index contributed by atoms with van der Waals surface area (Å²) in [5, 5.41) is 10.2. The molecule has 35 heavy (non-hydrogen) atoms. The quantitative estimate of drug-likeness (QED) is 0.480. The lowest BCUT2D eigenvalue weighted by atomic mass is 9.90. The molecule has 0 saturated carbocycles. The number of fused-ring (bicyclic) bond motifs is 1. The minimum absolute atomic E-state index is 0.182. The highest BCUT2D eigenvalue weighted by Crippen LogP contribution is 2.47. The molecule has 2 atom stereocenters. The third-order valence-electron chi connectivity index (χ3n) is 6.10. The Bertz CT molecular complexity index is 1290. The number of alkyl halides is 2. The Morgan fingerprint density at radius 2 is 2.17 bits per heavy atom. The molecule has 0 spiro atoms. The molecular weight excluding hydrogens is 499 g/mol. The molecule has 1 saturated heterocycles. The number of aromatic nitrogens is 3. The fourth-order valence-corrected chi connectivity index (χ4v) is 5.49. The number of nitrogens with two attached hydrogens (primary N) is 1. The number of aliphatic imine (C=N–C) groups is 1. The molecule has 1 aromatic carbocycles. The maximum atomic E-state index is 13.9. The van der Waals surface area contributed by atoms with Gasteiger partial charge in [0.1, 0.15) is 11.9 Å². The van der Waals surface area contributed by atoms with Crippen LogP contribution in [0.1, 0.15) is 42.2 Å². The Morgan fingerprint density at radius 1 is 1.34 bits per heavy atom.